The van der Waals surface area contributed by atoms with Crippen LogP contribution in [0.15, 0.2) is 72.8 Å². The lowest BCUT2D eigenvalue weighted by Crippen LogP contribution is -2.51. The largest absolute Gasteiger partial charge is 0.485 e. The maximum atomic E-state index is 13.0. The molecule has 1 aliphatic rings. The summed E-state index contributed by atoms with van der Waals surface area (Å²) >= 11 is 5.87. The first-order chi connectivity index (χ1) is 16.8. The van der Waals surface area contributed by atoms with Gasteiger partial charge in [0.2, 0.25) is 5.91 Å². The number of carbonyl (C=O) groups excluding carboxylic acids is 3. The molecule has 35 heavy (non-hydrogen) atoms. The summed E-state index contributed by atoms with van der Waals surface area (Å²) in [4.78, 5) is 40.0. The Morgan fingerprint density at radius 3 is 2.49 bits per heavy atom. The average molecular weight is 493 g/mol. The lowest BCUT2D eigenvalue weighted by molar-refractivity contribution is -0.127. The number of hydrogen-bond acceptors (Lipinski definition) is 5. The Hall–Kier alpha value is -3.84. The van der Waals surface area contributed by atoms with Gasteiger partial charge in [0, 0.05) is 10.6 Å². The summed E-state index contributed by atoms with van der Waals surface area (Å²) in [7, 11) is 0. The molecule has 4 rings (SSSR count). The van der Waals surface area contributed by atoms with Crippen molar-refractivity contribution >= 4 is 34.9 Å². The molecule has 2 unspecified atom stereocenters. The van der Waals surface area contributed by atoms with Gasteiger partial charge in [-0.15, -0.1) is 0 Å². The first-order valence-electron chi connectivity index (χ1n) is 11.2. The van der Waals surface area contributed by atoms with Crippen LogP contribution < -0.4 is 19.7 Å². The van der Waals surface area contributed by atoms with Gasteiger partial charge in [0.1, 0.15) is 17.5 Å². The molecule has 1 N–H and O–H groups in total. The lowest BCUT2D eigenvalue weighted by atomic mass is 10.1. The van der Waals surface area contributed by atoms with E-state index in [9.17, 15) is 14.4 Å². The van der Waals surface area contributed by atoms with E-state index in [-0.39, 0.29) is 36.9 Å². The topological polar surface area (TPSA) is 84.9 Å². The number of anilines is 1. The van der Waals surface area contributed by atoms with Crippen LogP contribution in [0, 0.1) is 0 Å². The molecule has 0 aromatic heterocycles. The van der Waals surface area contributed by atoms with E-state index in [0.29, 0.717) is 27.8 Å². The van der Waals surface area contributed by atoms with Crippen LogP contribution in [0.5, 0.6) is 11.5 Å². The molecule has 0 saturated carbocycles. The molecule has 0 bridgehead atoms. The zero-order valence-corrected chi connectivity index (χ0v) is 20.1. The van der Waals surface area contributed by atoms with Gasteiger partial charge in [0.15, 0.2) is 19.0 Å². The fraction of sp³-hybridized carbons (Fsp3) is 0.222. The summed E-state index contributed by atoms with van der Waals surface area (Å²) in [5.41, 5.74) is 1.66. The molecule has 8 heteroatoms. The summed E-state index contributed by atoms with van der Waals surface area (Å²) in [5, 5.41) is 3.52. The Morgan fingerprint density at radius 1 is 1.06 bits per heavy atom. The van der Waals surface area contributed by atoms with Crippen molar-refractivity contribution in [1.82, 2.24) is 5.32 Å². The third-order valence-corrected chi connectivity index (χ3v) is 6.02. The molecule has 1 heterocycles. The van der Waals surface area contributed by atoms with Crippen LogP contribution in [0.1, 0.15) is 35.8 Å². The van der Waals surface area contributed by atoms with Gasteiger partial charge in [0.25, 0.3) is 5.91 Å². The van der Waals surface area contributed by atoms with E-state index in [2.05, 4.69) is 5.32 Å². The van der Waals surface area contributed by atoms with Crippen molar-refractivity contribution in [3.05, 3.63) is 88.9 Å². The van der Waals surface area contributed by atoms with Crippen molar-refractivity contribution in [2.75, 3.05) is 18.1 Å². The molecule has 2 atom stereocenters. The highest BCUT2D eigenvalue weighted by atomic mass is 35.5. The number of carbonyl (C=O) groups is 3. The number of benzene rings is 3. The molecular formula is C27H25ClN2O5. The Bertz CT molecular complexity index is 1230. The van der Waals surface area contributed by atoms with Crippen molar-refractivity contribution in [3.8, 4) is 11.5 Å². The standard InChI is InChI=1S/C27H25ClN2O5/c1-17(19-6-4-3-5-7-19)29-27(33)18(2)30-23-14-20(8-13-25(23)35-16-26(30)32)24(31)15-34-22-11-9-21(28)10-12-22/h3-14,17-18H,15-16H2,1-2H3,(H,29,33). The molecule has 2 amide bonds. The Morgan fingerprint density at radius 2 is 1.77 bits per heavy atom. The Labute approximate surface area is 208 Å². The zero-order chi connectivity index (χ0) is 24.9. The van der Waals surface area contributed by atoms with Gasteiger partial charge >= 0.3 is 0 Å². The van der Waals surface area contributed by atoms with E-state index in [4.69, 9.17) is 21.1 Å². The number of Topliss-reactive ketones (excluding diaryl/α,β-unsaturated/α-hetero) is 1. The van der Waals surface area contributed by atoms with E-state index in [0.717, 1.165) is 5.56 Å². The van der Waals surface area contributed by atoms with Crippen LogP contribution >= 0.6 is 11.6 Å². The van der Waals surface area contributed by atoms with Crippen molar-refractivity contribution in [2.24, 2.45) is 0 Å². The molecule has 7 nitrogen and oxygen atoms in total. The van der Waals surface area contributed by atoms with Crippen LogP contribution in [0.2, 0.25) is 5.02 Å². The van der Waals surface area contributed by atoms with Crippen LogP contribution in [0.3, 0.4) is 0 Å². The van der Waals surface area contributed by atoms with E-state index in [1.807, 2.05) is 37.3 Å². The fourth-order valence-electron chi connectivity index (χ4n) is 3.81. The van der Waals surface area contributed by atoms with E-state index >= 15 is 0 Å². The predicted octanol–water partition coefficient (Wildman–Crippen LogP) is 4.59. The smallest absolute Gasteiger partial charge is 0.265 e. The summed E-state index contributed by atoms with van der Waals surface area (Å²) in [5.74, 6) is -0.0235. The number of halogens is 1. The first kappa shape index (κ1) is 24.3. The van der Waals surface area contributed by atoms with Crippen molar-refractivity contribution < 1.29 is 23.9 Å². The number of amides is 2. The molecule has 0 radical (unpaired) electrons. The summed E-state index contributed by atoms with van der Waals surface area (Å²) in [6.07, 6.45) is 0. The molecule has 180 valence electrons. The van der Waals surface area contributed by atoms with Crippen molar-refractivity contribution in [3.63, 3.8) is 0 Å². The van der Waals surface area contributed by atoms with E-state index < -0.39 is 6.04 Å². The fourth-order valence-corrected chi connectivity index (χ4v) is 3.93. The molecule has 3 aromatic carbocycles. The van der Waals surface area contributed by atoms with Crippen LogP contribution in [-0.4, -0.2) is 36.9 Å². The third-order valence-electron chi connectivity index (χ3n) is 5.77. The summed E-state index contributed by atoms with van der Waals surface area (Å²) in [6.45, 7) is 3.15. The minimum absolute atomic E-state index is 0.189. The second-order valence-electron chi connectivity index (χ2n) is 8.22. The van der Waals surface area contributed by atoms with Crippen molar-refractivity contribution in [2.45, 2.75) is 25.9 Å². The number of fused-ring (bicyclic) bond motifs is 1. The van der Waals surface area contributed by atoms with Crippen molar-refractivity contribution in [1.29, 1.82) is 0 Å². The summed E-state index contributed by atoms with van der Waals surface area (Å²) in [6, 6.07) is 20.0. The van der Waals surface area contributed by atoms with Gasteiger partial charge in [-0.05, 0) is 61.9 Å². The van der Waals surface area contributed by atoms with E-state index in [1.165, 1.54) is 4.90 Å². The molecule has 0 saturated heterocycles. The molecule has 0 aliphatic carbocycles. The minimum atomic E-state index is -0.813. The zero-order valence-electron chi connectivity index (χ0n) is 19.4. The number of nitrogens with zero attached hydrogens (tertiary/aromatic N) is 1. The van der Waals surface area contributed by atoms with E-state index in [1.54, 1.807) is 49.4 Å². The second-order valence-corrected chi connectivity index (χ2v) is 8.65. The number of nitrogens with one attached hydrogen (secondary N) is 1. The van der Waals surface area contributed by atoms with Gasteiger partial charge in [0.05, 0.1) is 11.7 Å². The maximum Gasteiger partial charge on any atom is 0.265 e. The number of ether oxygens (including phenoxy) is 2. The van der Waals surface area contributed by atoms with Gasteiger partial charge in [-0.3, -0.25) is 19.3 Å². The van der Waals surface area contributed by atoms with Gasteiger partial charge in [-0.25, -0.2) is 0 Å². The second kappa shape index (κ2) is 10.6. The van der Waals surface area contributed by atoms with Crippen LogP contribution in [0.4, 0.5) is 5.69 Å². The number of ketones is 1. The molecule has 0 fully saturated rings. The average Bonchev–Trinajstić information content (AvgIpc) is 2.87. The first-order valence-corrected chi connectivity index (χ1v) is 11.6. The Balaban J connectivity index is 1.50. The van der Waals surface area contributed by atoms with Crippen LogP contribution in [-0.2, 0) is 9.59 Å². The molecular weight excluding hydrogens is 468 g/mol. The Kier molecular flexibility index (Phi) is 7.36. The molecule has 1 aliphatic heterocycles. The van der Waals surface area contributed by atoms with Gasteiger partial charge in [-0.2, -0.15) is 0 Å². The van der Waals surface area contributed by atoms with Gasteiger partial charge < -0.3 is 14.8 Å². The molecule has 3 aromatic rings. The van der Waals surface area contributed by atoms with Gasteiger partial charge in [-0.1, -0.05) is 41.9 Å². The highest BCUT2D eigenvalue weighted by molar-refractivity contribution is 6.30. The monoisotopic (exact) mass is 492 g/mol. The predicted molar refractivity (Wildman–Crippen MR) is 133 cm³/mol. The third kappa shape index (κ3) is 5.63. The molecule has 0 spiro atoms. The normalized spacial score (nSPS) is 14.4. The maximum absolute atomic E-state index is 13.0. The summed E-state index contributed by atoms with van der Waals surface area (Å²) < 4.78 is 11.1. The van der Waals surface area contributed by atoms with Crippen LogP contribution in [0.25, 0.3) is 0 Å². The number of hydrogen-bond donors (Lipinski definition) is 1. The number of rotatable bonds is 8. The lowest BCUT2D eigenvalue weighted by Gasteiger charge is -2.34. The highest BCUT2D eigenvalue weighted by Gasteiger charge is 2.34. The SMILES string of the molecule is CC(NC(=O)C(C)N1C(=O)COc2ccc(C(=O)COc3ccc(Cl)cc3)cc21)c1ccccc1. The quantitative estimate of drug-likeness (QED) is 0.465. The minimum Gasteiger partial charge on any atom is -0.485 e. The highest BCUT2D eigenvalue weighted by Crippen LogP contribution is 2.34.